The Morgan fingerprint density at radius 2 is 2.09 bits per heavy atom. The summed E-state index contributed by atoms with van der Waals surface area (Å²) in [5.41, 5.74) is 11.7. The number of hydrogen-bond acceptors (Lipinski definition) is 4. The van der Waals surface area contributed by atoms with Gasteiger partial charge in [-0.2, -0.15) is 4.99 Å². The zero-order valence-corrected chi connectivity index (χ0v) is 12.9. The lowest BCUT2D eigenvalue weighted by Crippen LogP contribution is -2.23. The number of anilines is 1. The number of dihydropyridines is 1. The van der Waals surface area contributed by atoms with Crippen molar-refractivity contribution in [2.24, 2.45) is 16.5 Å². The van der Waals surface area contributed by atoms with Crippen LogP contribution in [0.4, 0.5) is 5.69 Å². The lowest BCUT2D eigenvalue weighted by Gasteiger charge is -2.10. The second kappa shape index (κ2) is 7.99. The highest BCUT2D eigenvalue weighted by Gasteiger charge is 2.02. The lowest BCUT2D eigenvalue weighted by molar-refractivity contribution is 0.969. The molecule has 1 aliphatic rings. The zero-order chi connectivity index (χ0) is 15.8. The molecular formula is C16H19N5S. The van der Waals surface area contributed by atoms with Crippen molar-refractivity contribution in [3.8, 4) is 0 Å². The third-order valence-electron chi connectivity index (χ3n) is 2.67. The van der Waals surface area contributed by atoms with E-state index in [1.54, 1.807) is 23.9 Å². The number of benzene rings is 1. The fourth-order valence-electron chi connectivity index (χ4n) is 1.76. The highest BCUT2D eigenvalue weighted by Crippen LogP contribution is 2.29. The Labute approximate surface area is 134 Å². The summed E-state index contributed by atoms with van der Waals surface area (Å²) in [7, 11) is 0. The standard InChI is InChI=1S/C16H19N5S/c1-2-3-15(21-16(17)18)20-12-4-6-13(7-5-12)22-14-8-10-19-11-9-14/h2-10,19-20H,1,11H2,(H4,17,18,21)/b15-3-. The van der Waals surface area contributed by atoms with E-state index in [1.807, 2.05) is 30.5 Å². The van der Waals surface area contributed by atoms with Crippen LogP contribution < -0.4 is 22.1 Å². The summed E-state index contributed by atoms with van der Waals surface area (Å²) in [6.45, 7) is 4.51. The van der Waals surface area contributed by atoms with Gasteiger partial charge in [-0.25, -0.2) is 0 Å². The molecule has 5 nitrogen and oxygen atoms in total. The Balaban J connectivity index is 2.03. The number of hydrogen-bond donors (Lipinski definition) is 4. The maximum Gasteiger partial charge on any atom is 0.192 e. The third kappa shape index (κ3) is 5.06. The highest BCUT2D eigenvalue weighted by molar-refractivity contribution is 8.03. The van der Waals surface area contributed by atoms with E-state index in [4.69, 9.17) is 11.5 Å². The van der Waals surface area contributed by atoms with Gasteiger partial charge in [-0.05, 0) is 42.6 Å². The van der Waals surface area contributed by atoms with Crippen molar-refractivity contribution in [1.82, 2.24) is 5.32 Å². The fourth-order valence-corrected chi connectivity index (χ4v) is 2.61. The second-order valence-electron chi connectivity index (χ2n) is 4.42. The van der Waals surface area contributed by atoms with Gasteiger partial charge in [0.15, 0.2) is 5.96 Å². The van der Waals surface area contributed by atoms with Crippen LogP contribution in [0.5, 0.6) is 0 Å². The van der Waals surface area contributed by atoms with Crippen LogP contribution >= 0.6 is 11.8 Å². The van der Waals surface area contributed by atoms with Crippen LogP contribution in [0, 0.1) is 0 Å². The Hall–Kier alpha value is -2.60. The quantitative estimate of drug-likeness (QED) is 0.368. The molecule has 0 radical (unpaired) electrons. The van der Waals surface area contributed by atoms with Crippen molar-refractivity contribution >= 4 is 23.4 Å². The van der Waals surface area contributed by atoms with Gasteiger partial charge in [-0.15, -0.1) is 0 Å². The molecule has 0 saturated heterocycles. The van der Waals surface area contributed by atoms with Crippen LogP contribution in [-0.2, 0) is 0 Å². The predicted octanol–water partition coefficient (Wildman–Crippen LogP) is 2.49. The minimum Gasteiger partial charge on any atom is -0.387 e. The molecule has 1 heterocycles. The van der Waals surface area contributed by atoms with Crippen molar-refractivity contribution in [1.29, 1.82) is 0 Å². The Morgan fingerprint density at radius 1 is 1.32 bits per heavy atom. The third-order valence-corrected chi connectivity index (χ3v) is 3.72. The summed E-state index contributed by atoms with van der Waals surface area (Å²) < 4.78 is 0. The summed E-state index contributed by atoms with van der Waals surface area (Å²) >= 11 is 1.72. The molecular weight excluding hydrogens is 294 g/mol. The van der Waals surface area contributed by atoms with Gasteiger partial charge in [0.1, 0.15) is 5.82 Å². The smallest absolute Gasteiger partial charge is 0.192 e. The molecule has 0 unspecified atom stereocenters. The molecule has 6 N–H and O–H groups in total. The summed E-state index contributed by atoms with van der Waals surface area (Å²) in [6.07, 6.45) is 9.49. The molecule has 1 aromatic rings. The summed E-state index contributed by atoms with van der Waals surface area (Å²) in [5, 5.41) is 6.27. The maximum atomic E-state index is 5.40. The van der Waals surface area contributed by atoms with Crippen molar-refractivity contribution in [2.45, 2.75) is 4.90 Å². The summed E-state index contributed by atoms with van der Waals surface area (Å²) in [5.74, 6) is 0.539. The van der Waals surface area contributed by atoms with Gasteiger partial charge >= 0.3 is 0 Å². The first-order valence-corrected chi connectivity index (χ1v) is 7.56. The number of nitrogens with zero attached hydrogens (tertiary/aromatic N) is 1. The lowest BCUT2D eigenvalue weighted by atomic mass is 10.3. The molecule has 0 amide bonds. The van der Waals surface area contributed by atoms with Crippen molar-refractivity contribution in [3.05, 3.63) is 72.1 Å². The summed E-state index contributed by atoms with van der Waals surface area (Å²) in [6, 6.07) is 8.05. The van der Waals surface area contributed by atoms with E-state index in [1.165, 1.54) is 9.80 Å². The first-order chi connectivity index (χ1) is 10.7. The number of guanidine groups is 1. The number of nitrogens with one attached hydrogen (secondary N) is 2. The number of nitrogens with two attached hydrogens (primary N) is 2. The van der Waals surface area contributed by atoms with Crippen LogP contribution in [0.15, 0.2) is 82.0 Å². The van der Waals surface area contributed by atoms with Crippen molar-refractivity contribution < 1.29 is 0 Å². The zero-order valence-electron chi connectivity index (χ0n) is 12.1. The molecule has 0 saturated carbocycles. The van der Waals surface area contributed by atoms with E-state index >= 15 is 0 Å². The minimum absolute atomic E-state index is 0.00240. The Morgan fingerprint density at radius 3 is 2.68 bits per heavy atom. The van der Waals surface area contributed by atoms with E-state index in [9.17, 15) is 0 Å². The first-order valence-electron chi connectivity index (χ1n) is 6.75. The molecule has 114 valence electrons. The predicted molar refractivity (Wildman–Crippen MR) is 95.2 cm³/mol. The molecule has 1 aliphatic heterocycles. The van der Waals surface area contributed by atoms with E-state index in [0.717, 1.165) is 12.2 Å². The molecule has 22 heavy (non-hydrogen) atoms. The van der Waals surface area contributed by atoms with Crippen LogP contribution in [0.1, 0.15) is 0 Å². The SMILES string of the molecule is C=C/C=C(\N=C(N)N)Nc1ccc(SC2=CCNC=C2)cc1. The minimum atomic E-state index is -0.00240. The highest BCUT2D eigenvalue weighted by atomic mass is 32.2. The van der Waals surface area contributed by atoms with Crippen molar-refractivity contribution in [2.75, 3.05) is 11.9 Å². The normalized spacial score (nSPS) is 13.8. The topological polar surface area (TPSA) is 88.5 Å². The monoisotopic (exact) mass is 313 g/mol. The van der Waals surface area contributed by atoms with Crippen LogP contribution in [0.25, 0.3) is 0 Å². The number of aliphatic imine (C=N–C) groups is 1. The van der Waals surface area contributed by atoms with Gasteiger partial charge < -0.3 is 22.1 Å². The largest absolute Gasteiger partial charge is 0.387 e. The van der Waals surface area contributed by atoms with Gasteiger partial charge in [-0.3, -0.25) is 0 Å². The second-order valence-corrected chi connectivity index (χ2v) is 5.57. The maximum absolute atomic E-state index is 5.40. The van der Waals surface area contributed by atoms with E-state index in [0.29, 0.717) is 5.82 Å². The van der Waals surface area contributed by atoms with Gasteiger partial charge in [0.05, 0.1) is 0 Å². The Bertz CT molecular complexity index is 637. The number of thioether (sulfide) groups is 1. The summed E-state index contributed by atoms with van der Waals surface area (Å²) in [4.78, 5) is 6.39. The molecule has 1 aromatic carbocycles. The van der Waals surface area contributed by atoms with Crippen LogP contribution in [0.2, 0.25) is 0 Å². The molecule has 0 aromatic heterocycles. The number of allylic oxidation sites excluding steroid dienone is 3. The van der Waals surface area contributed by atoms with Crippen molar-refractivity contribution in [3.63, 3.8) is 0 Å². The van der Waals surface area contributed by atoms with Crippen LogP contribution in [-0.4, -0.2) is 12.5 Å². The molecule has 0 spiro atoms. The Kier molecular flexibility index (Phi) is 5.73. The fraction of sp³-hybridized carbons (Fsp3) is 0.0625. The van der Waals surface area contributed by atoms with Gasteiger partial charge in [0.2, 0.25) is 0 Å². The van der Waals surface area contributed by atoms with E-state index in [-0.39, 0.29) is 5.96 Å². The van der Waals surface area contributed by atoms with Gasteiger partial charge in [-0.1, -0.05) is 30.5 Å². The molecule has 0 fully saturated rings. The number of rotatable bonds is 6. The van der Waals surface area contributed by atoms with Gasteiger partial charge in [0.25, 0.3) is 0 Å². The van der Waals surface area contributed by atoms with E-state index < -0.39 is 0 Å². The average Bonchev–Trinajstić information content (AvgIpc) is 2.50. The van der Waals surface area contributed by atoms with E-state index in [2.05, 4.69) is 34.4 Å². The van der Waals surface area contributed by atoms with Crippen LogP contribution in [0.3, 0.4) is 0 Å². The van der Waals surface area contributed by atoms with Gasteiger partial charge in [0, 0.05) is 22.0 Å². The molecule has 6 heteroatoms. The molecule has 0 bridgehead atoms. The first kappa shape index (κ1) is 15.8. The molecule has 0 atom stereocenters. The molecule has 0 aliphatic carbocycles. The molecule has 2 rings (SSSR count). The average molecular weight is 313 g/mol.